The number of aromatic amines is 1. The Labute approximate surface area is 59.9 Å². The topological polar surface area (TPSA) is 43.5 Å². The van der Waals surface area contributed by atoms with Gasteiger partial charge in [0.25, 0.3) is 5.82 Å². The first-order chi connectivity index (χ1) is 4.88. The van der Waals surface area contributed by atoms with Crippen molar-refractivity contribution in [2.45, 2.75) is 19.9 Å². The standard InChI is InChI=1S/C7H9N3/c1-2-7-9-4-6-10(7)5-3-8/h4,6H,2,5H2,1H3/p+1. The third-order valence-electron chi connectivity index (χ3n) is 1.43. The number of nitrogens with one attached hydrogen (secondary N) is 1. The van der Waals surface area contributed by atoms with Crippen LogP contribution in [0.3, 0.4) is 0 Å². The van der Waals surface area contributed by atoms with Crippen molar-refractivity contribution in [2.24, 2.45) is 0 Å². The Morgan fingerprint density at radius 2 is 2.60 bits per heavy atom. The van der Waals surface area contributed by atoms with E-state index in [9.17, 15) is 0 Å². The fourth-order valence-electron chi connectivity index (χ4n) is 0.926. The lowest BCUT2D eigenvalue weighted by molar-refractivity contribution is -0.691. The van der Waals surface area contributed by atoms with Gasteiger partial charge in [0.1, 0.15) is 18.5 Å². The summed E-state index contributed by atoms with van der Waals surface area (Å²) < 4.78 is 1.90. The normalized spacial score (nSPS) is 9.20. The molecule has 0 bridgehead atoms. The number of aromatic nitrogens is 2. The van der Waals surface area contributed by atoms with Crippen molar-refractivity contribution in [1.29, 1.82) is 5.26 Å². The minimum atomic E-state index is 0.437. The van der Waals surface area contributed by atoms with Gasteiger partial charge in [-0.1, -0.05) is 6.92 Å². The van der Waals surface area contributed by atoms with Gasteiger partial charge in [0.05, 0.1) is 0 Å². The van der Waals surface area contributed by atoms with Crippen LogP contribution in [0.2, 0.25) is 0 Å². The third kappa shape index (κ3) is 1.16. The van der Waals surface area contributed by atoms with Gasteiger partial charge in [-0.05, 0) is 0 Å². The van der Waals surface area contributed by atoms with E-state index in [1.165, 1.54) is 0 Å². The lowest BCUT2D eigenvalue weighted by Crippen LogP contribution is -2.34. The number of nitriles is 1. The molecular formula is C7H10N3+. The third-order valence-corrected chi connectivity index (χ3v) is 1.43. The predicted molar refractivity (Wildman–Crippen MR) is 36.0 cm³/mol. The molecule has 0 aliphatic rings. The van der Waals surface area contributed by atoms with Crippen LogP contribution >= 0.6 is 0 Å². The first-order valence-corrected chi connectivity index (χ1v) is 3.31. The molecule has 0 aliphatic heterocycles. The van der Waals surface area contributed by atoms with Gasteiger partial charge in [-0.25, -0.2) is 9.55 Å². The molecule has 0 fully saturated rings. The second-order valence-electron chi connectivity index (χ2n) is 2.05. The van der Waals surface area contributed by atoms with E-state index in [4.69, 9.17) is 5.26 Å². The number of hydrogen-bond donors (Lipinski definition) is 1. The van der Waals surface area contributed by atoms with Crippen LogP contribution in [0, 0.1) is 11.3 Å². The molecule has 1 heterocycles. The van der Waals surface area contributed by atoms with Crippen molar-refractivity contribution in [3.05, 3.63) is 18.2 Å². The SMILES string of the molecule is CCc1[nH]cc[n+]1CC#N. The van der Waals surface area contributed by atoms with E-state index in [1.54, 1.807) is 0 Å². The minimum Gasteiger partial charge on any atom is -0.248 e. The van der Waals surface area contributed by atoms with Crippen molar-refractivity contribution < 1.29 is 4.57 Å². The highest BCUT2D eigenvalue weighted by Crippen LogP contribution is 1.85. The van der Waals surface area contributed by atoms with Gasteiger partial charge in [-0.15, -0.1) is 0 Å². The van der Waals surface area contributed by atoms with Crippen LogP contribution < -0.4 is 4.57 Å². The van der Waals surface area contributed by atoms with Crippen LogP contribution in [0.15, 0.2) is 12.4 Å². The first kappa shape index (κ1) is 6.81. The van der Waals surface area contributed by atoms with Gasteiger partial charge in [0, 0.05) is 6.42 Å². The number of imidazole rings is 1. The van der Waals surface area contributed by atoms with Crippen LogP contribution in [0.1, 0.15) is 12.7 Å². The number of nitrogens with zero attached hydrogens (tertiary/aromatic N) is 2. The Morgan fingerprint density at radius 1 is 1.80 bits per heavy atom. The monoisotopic (exact) mass is 136 g/mol. The largest absolute Gasteiger partial charge is 0.254 e. The molecule has 52 valence electrons. The molecule has 0 radical (unpaired) electrons. The van der Waals surface area contributed by atoms with Gasteiger partial charge in [-0.2, -0.15) is 5.26 Å². The Bertz CT molecular complexity index is 244. The van der Waals surface area contributed by atoms with Crippen LogP contribution in [0.5, 0.6) is 0 Å². The zero-order valence-electron chi connectivity index (χ0n) is 5.96. The Hall–Kier alpha value is -1.30. The second-order valence-corrected chi connectivity index (χ2v) is 2.05. The van der Waals surface area contributed by atoms with E-state index in [1.807, 2.05) is 17.0 Å². The highest BCUT2D eigenvalue weighted by atomic mass is 15.0. The molecule has 3 nitrogen and oxygen atoms in total. The molecule has 0 spiro atoms. The van der Waals surface area contributed by atoms with Crippen LogP contribution in [0.4, 0.5) is 0 Å². The zero-order valence-corrected chi connectivity index (χ0v) is 5.96. The van der Waals surface area contributed by atoms with E-state index in [0.29, 0.717) is 6.54 Å². The molecule has 0 aromatic carbocycles. The molecule has 1 N–H and O–H groups in total. The van der Waals surface area contributed by atoms with E-state index < -0.39 is 0 Å². The summed E-state index contributed by atoms with van der Waals surface area (Å²) in [6, 6.07) is 2.09. The summed E-state index contributed by atoms with van der Waals surface area (Å²) in [7, 11) is 0. The van der Waals surface area contributed by atoms with Gasteiger partial charge >= 0.3 is 0 Å². The maximum absolute atomic E-state index is 8.37. The Balaban J connectivity index is 2.82. The maximum atomic E-state index is 8.37. The van der Waals surface area contributed by atoms with Crippen molar-refractivity contribution >= 4 is 0 Å². The number of hydrogen-bond acceptors (Lipinski definition) is 1. The number of aryl methyl sites for hydroxylation is 1. The van der Waals surface area contributed by atoms with Crippen LogP contribution in [-0.2, 0) is 13.0 Å². The van der Waals surface area contributed by atoms with E-state index in [-0.39, 0.29) is 0 Å². The molecule has 0 saturated heterocycles. The lowest BCUT2D eigenvalue weighted by Gasteiger charge is -1.88. The smallest absolute Gasteiger partial charge is 0.248 e. The average Bonchev–Trinajstić information content (AvgIpc) is 2.36. The molecule has 10 heavy (non-hydrogen) atoms. The van der Waals surface area contributed by atoms with Gasteiger partial charge in [0.2, 0.25) is 0 Å². The van der Waals surface area contributed by atoms with Gasteiger partial charge in [0.15, 0.2) is 6.54 Å². The molecule has 0 atom stereocenters. The fraction of sp³-hybridized carbons (Fsp3) is 0.429. The highest BCUT2D eigenvalue weighted by molar-refractivity contribution is 4.76. The summed E-state index contributed by atoms with van der Waals surface area (Å²) in [6.45, 7) is 2.49. The molecule has 0 aliphatic carbocycles. The van der Waals surface area contributed by atoms with Crippen molar-refractivity contribution in [3.8, 4) is 6.07 Å². The van der Waals surface area contributed by atoms with E-state index in [0.717, 1.165) is 12.2 Å². The average molecular weight is 136 g/mol. The molecule has 1 aromatic rings. The summed E-state index contributed by atoms with van der Waals surface area (Å²) in [6.07, 6.45) is 4.66. The zero-order chi connectivity index (χ0) is 7.40. The Morgan fingerprint density at radius 3 is 3.20 bits per heavy atom. The summed E-state index contributed by atoms with van der Waals surface area (Å²) in [5.74, 6) is 1.10. The van der Waals surface area contributed by atoms with Crippen molar-refractivity contribution in [2.75, 3.05) is 0 Å². The fourth-order valence-corrected chi connectivity index (χ4v) is 0.926. The van der Waals surface area contributed by atoms with Gasteiger partial charge in [-0.3, -0.25) is 0 Å². The lowest BCUT2D eigenvalue weighted by atomic mass is 10.4. The van der Waals surface area contributed by atoms with E-state index >= 15 is 0 Å². The molecule has 0 amide bonds. The highest BCUT2D eigenvalue weighted by Gasteiger charge is 2.04. The summed E-state index contributed by atoms with van der Waals surface area (Å²) in [4.78, 5) is 3.05. The molecular weight excluding hydrogens is 126 g/mol. The van der Waals surface area contributed by atoms with E-state index in [2.05, 4.69) is 18.0 Å². The number of rotatable bonds is 2. The van der Waals surface area contributed by atoms with Crippen molar-refractivity contribution in [1.82, 2.24) is 4.98 Å². The molecule has 3 heteroatoms. The Kier molecular flexibility index (Phi) is 2.06. The van der Waals surface area contributed by atoms with Crippen LogP contribution in [-0.4, -0.2) is 4.98 Å². The minimum absolute atomic E-state index is 0.437. The predicted octanol–water partition coefficient (Wildman–Crippen LogP) is 0.388. The molecule has 0 unspecified atom stereocenters. The van der Waals surface area contributed by atoms with Crippen molar-refractivity contribution in [3.63, 3.8) is 0 Å². The quantitative estimate of drug-likeness (QED) is 0.587. The van der Waals surface area contributed by atoms with Crippen LogP contribution in [0.25, 0.3) is 0 Å². The molecule has 0 saturated carbocycles. The number of H-pyrrole nitrogens is 1. The van der Waals surface area contributed by atoms with Gasteiger partial charge < -0.3 is 0 Å². The molecule has 1 rings (SSSR count). The molecule has 1 aromatic heterocycles. The summed E-state index contributed by atoms with van der Waals surface area (Å²) in [5, 5.41) is 8.37. The summed E-state index contributed by atoms with van der Waals surface area (Å²) >= 11 is 0. The second kappa shape index (κ2) is 3.02. The maximum Gasteiger partial charge on any atom is 0.254 e. The summed E-state index contributed by atoms with van der Waals surface area (Å²) in [5.41, 5.74) is 0. The first-order valence-electron chi connectivity index (χ1n) is 3.31.